The number of aryl methyl sites for hydroxylation is 1. The fourth-order valence-electron chi connectivity index (χ4n) is 2.75. The number of aromatic nitrogens is 1. The molecule has 14 heteroatoms. The lowest BCUT2D eigenvalue weighted by Gasteiger charge is -2.25. The molecule has 1 fully saturated rings. The van der Waals surface area contributed by atoms with Crippen molar-refractivity contribution in [3.63, 3.8) is 0 Å². The van der Waals surface area contributed by atoms with Crippen molar-refractivity contribution in [1.82, 2.24) is 9.88 Å². The minimum Gasteiger partial charge on any atom is -0.462 e. The first-order valence-electron chi connectivity index (χ1n) is 8.70. The first-order valence-corrected chi connectivity index (χ1v) is 11.0. The molecular weight excluding hydrogens is 463 g/mol. The van der Waals surface area contributed by atoms with Crippen molar-refractivity contribution in [3.8, 4) is 5.75 Å². The molecule has 9 nitrogen and oxygen atoms in total. The highest BCUT2D eigenvalue weighted by Crippen LogP contribution is 2.28. The Balaban J connectivity index is 1.68. The van der Waals surface area contributed by atoms with E-state index in [-0.39, 0.29) is 47.6 Å². The highest BCUT2D eigenvalue weighted by atomic mass is 32.2. The number of carbonyl (C=O) groups excluding carboxylic acids is 2. The standard InChI is InChI=1S/C17H16F3N3O6S2/c1-10-6-11(29-17(18,19)20)2-3-13(10)31(26,27)22-16-21-8-12(30-16)7-14(24)23-4-5-28-15(25)9-23/h2-3,6,8H,4-5,7,9H2,1H3,(H,21,22). The molecule has 31 heavy (non-hydrogen) atoms. The largest absolute Gasteiger partial charge is 0.573 e. The van der Waals surface area contributed by atoms with Gasteiger partial charge in [-0.15, -0.1) is 24.5 Å². The Bertz CT molecular complexity index is 1100. The number of esters is 1. The van der Waals surface area contributed by atoms with Crippen LogP contribution in [-0.4, -0.2) is 56.2 Å². The van der Waals surface area contributed by atoms with Crippen LogP contribution >= 0.6 is 11.3 Å². The number of nitrogens with zero attached hydrogens (tertiary/aromatic N) is 2. The second kappa shape index (κ2) is 8.70. The van der Waals surface area contributed by atoms with Crippen LogP contribution in [0, 0.1) is 6.92 Å². The fraction of sp³-hybridized carbons (Fsp3) is 0.353. The van der Waals surface area contributed by atoms with Crippen molar-refractivity contribution in [1.29, 1.82) is 0 Å². The van der Waals surface area contributed by atoms with Gasteiger partial charge in [0.2, 0.25) is 5.91 Å². The maximum atomic E-state index is 12.6. The maximum absolute atomic E-state index is 12.6. The maximum Gasteiger partial charge on any atom is 0.573 e. The average Bonchev–Trinajstić information content (AvgIpc) is 3.06. The summed E-state index contributed by atoms with van der Waals surface area (Å²) in [5, 5.41) is -0.0177. The molecule has 0 unspecified atom stereocenters. The van der Waals surface area contributed by atoms with Gasteiger partial charge >= 0.3 is 12.3 Å². The predicted molar refractivity (Wildman–Crippen MR) is 102 cm³/mol. The smallest absolute Gasteiger partial charge is 0.462 e. The van der Waals surface area contributed by atoms with Crippen LogP contribution in [0.15, 0.2) is 29.3 Å². The lowest BCUT2D eigenvalue weighted by atomic mass is 10.2. The molecule has 2 heterocycles. The van der Waals surface area contributed by atoms with Crippen LogP contribution in [0.3, 0.4) is 0 Å². The summed E-state index contributed by atoms with van der Waals surface area (Å²) in [5.74, 6) is -1.37. The second-order valence-corrected chi connectivity index (χ2v) is 9.19. The van der Waals surface area contributed by atoms with E-state index in [0.29, 0.717) is 4.88 Å². The van der Waals surface area contributed by atoms with Gasteiger partial charge < -0.3 is 14.4 Å². The fourth-order valence-corrected chi connectivity index (χ4v) is 5.02. The summed E-state index contributed by atoms with van der Waals surface area (Å²) in [6, 6.07) is 2.84. The number of rotatable bonds is 6. The summed E-state index contributed by atoms with van der Waals surface area (Å²) in [4.78, 5) is 29.0. The van der Waals surface area contributed by atoms with E-state index < -0.39 is 28.1 Å². The van der Waals surface area contributed by atoms with Crippen LogP contribution in [0.4, 0.5) is 18.3 Å². The third-order valence-electron chi connectivity index (χ3n) is 4.07. The van der Waals surface area contributed by atoms with E-state index in [4.69, 9.17) is 4.74 Å². The number of carbonyl (C=O) groups is 2. The van der Waals surface area contributed by atoms with Crippen LogP contribution in [0.1, 0.15) is 10.4 Å². The zero-order chi connectivity index (χ0) is 22.8. The minimum absolute atomic E-state index is 0.0177. The van der Waals surface area contributed by atoms with E-state index >= 15 is 0 Å². The quantitative estimate of drug-likeness (QED) is 0.631. The molecule has 1 aromatic carbocycles. The molecule has 2 aromatic rings. The van der Waals surface area contributed by atoms with E-state index in [1.807, 2.05) is 0 Å². The van der Waals surface area contributed by atoms with Crippen molar-refractivity contribution in [3.05, 3.63) is 34.8 Å². The Morgan fingerprint density at radius 1 is 1.39 bits per heavy atom. The number of morpholine rings is 1. The van der Waals surface area contributed by atoms with Gasteiger partial charge in [0, 0.05) is 11.1 Å². The molecule has 0 aliphatic carbocycles. The molecule has 168 valence electrons. The number of amides is 1. The highest BCUT2D eigenvalue weighted by Gasteiger charge is 2.31. The first-order chi connectivity index (χ1) is 14.4. The predicted octanol–water partition coefficient (Wildman–Crippen LogP) is 2.08. The van der Waals surface area contributed by atoms with Gasteiger partial charge in [-0.25, -0.2) is 13.4 Å². The van der Waals surface area contributed by atoms with Gasteiger partial charge in [0.05, 0.1) is 17.9 Å². The van der Waals surface area contributed by atoms with E-state index in [1.165, 1.54) is 18.0 Å². The molecule has 1 aliphatic rings. The average molecular weight is 479 g/mol. The van der Waals surface area contributed by atoms with Gasteiger partial charge in [-0.3, -0.25) is 14.3 Å². The van der Waals surface area contributed by atoms with E-state index in [0.717, 1.165) is 29.5 Å². The van der Waals surface area contributed by atoms with Crippen LogP contribution in [0.5, 0.6) is 5.75 Å². The summed E-state index contributed by atoms with van der Waals surface area (Å²) in [5.41, 5.74) is 0.0400. The molecule has 0 atom stereocenters. The van der Waals surface area contributed by atoms with Crippen molar-refractivity contribution in [2.75, 3.05) is 24.4 Å². The number of hydrogen-bond acceptors (Lipinski definition) is 8. The monoisotopic (exact) mass is 479 g/mol. The minimum atomic E-state index is -4.89. The molecule has 1 N–H and O–H groups in total. The van der Waals surface area contributed by atoms with Gasteiger partial charge in [0.15, 0.2) is 5.13 Å². The second-order valence-electron chi connectivity index (χ2n) is 6.42. The summed E-state index contributed by atoms with van der Waals surface area (Å²) in [6.45, 7) is 1.57. The number of thiazole rings is 1. The Hall–Kier alpha value is -2.87. The van der Waals surface area contributed by atoms with E-state index in [2.05, 4.69) is 14.4 Å². The molecule has 0 saturated carbocycles. The number of hydrogen-bond donors (Lipinski definition) is 1. The molecule has 1 amide bonds. The van der Waals surface area contributed by atoms with Gasteiger partial charge in [0.1, 0.15) is 18.9 Å². The molecule has 1 aromatic heterocycles. The molecule has 0 bridgehead atoms. The Morgan fingerprint density at radius 3 is 2.77 bits per heavy atom. The number of benzene rings is 1. The summed E-state index contributed by atoms with van der Waals surface area (Å²) in [6.07, 6.45) is -3.64. The zero-order valence-electron chi connectivity index (χ0n) is 15.9. The van der Waals surface area contributed by atoms with Gasteiger partial charge in [-0.05, 0) is 30.7 Å². The third-order valence-corrected chi connectivity index (χ3v) is 6.61. The molecular formula is C17H16F3N3O6S2. The topological polar surface area (TPSA) is 115 Å². The van der Waals surface area contributed by atoms with E-state index in [1.54, 1.807) is 0 Å². The number of ether oxygens (including phenoxy) is 2. The number of halogens is 3. The Kier molecular flexibility index (Phi) is 6.40. The zero-order valence-corrected chi connectivity index (χ0v) is 17.6. The highest BCUT2D eigenvalue weighted by molar-refractivity contribution is 7.93. The normalized spacial score (nSPS) is 14.8. The summed E-state index contributed by atoms with van der Waals surface area (Å²) < 4.78 is 72.9. The number of anilines is 1. The van der Waals surface area contributed by atoms with E-state index in [9.17, 15) is 31.2 Å². The van der Waals surface area contributed by atoms with Crippen LogP contribution in [0.25, 0.3) is 0 Å². The number of nitrogens with one attached hydrogen (secondary N) is 1. The SMILES string of the molecule is Cc1cc(OC(F)(F)F)ccc1S(=O)(=O)Nc1ncc(CC(=O)N2CCOC(=O)C2)s1. The molecule has 1 aliphatic heterocycles. The van der Waals surface area contributed by atoms with Crippen molar-refractivity contribution < 1.29 is 40.7 Å². The third kappa shape index (κ3) is 6.07. The molecule has 0 radical (unpaired) electrons. The Labute approximate surface area is 178 Å². The number of sulfonamides is 1. The number of alkyl halides is 3. The molecule has 0 spiro atoms. The lowest BCUT2D eigenvalue weighted by molar-refractivity contribution is -0.274. The molecule has 3 rings (SSSR count). The van der Waals surface area contributed by atoms with Gasteiger partial charge in [0.25, 0.3) is 10.0 Å². The summed E-state index contributed by atoms with van der Waals surface area (Å²) >= 11 is 0.926. The Morgan fingerprint density at radius 2 is 2.13 bits per heavy atom. The van der Waals surface area contributed by atoms with Gasteiger partial charge in [-0.1, -0.05) is 0 Å². The van der Waals surface area contributed by atoms with Crippen LogP contribution in [-0.2, 0) is 30.8 Å². The summed E-state index contributed by atoms with van der Waals surface area (Å²) in [7, 11) is -4.14. The van der Waals surface area contributed by atoms with Crippen LogP contribution < -0.4 is 9.46 Å². The van der Waals surface area contributed by atoms with Crippen molar-refractivity contribution in [2.45, 2.75) is 24.6 Å². The van der Waals surface area contributed by atoms with Crippen molar-refractivity contribution >= 4 is 38.4 Å². The van der Waals surface area contributed by atoms with Crippen molar-refractivity contribution in [2.24, 2.45) is 0 Å². The number of cyclic esters (lactones) is 1. The van der Waals surface area contributed by atoms with Gasteiger partial charge in [-0.2, -0.15) is 0 Å². The first kappa shape index (κ1) is 22.8. The lowest BCUT2D eigenvalue weighted by Crippen LogP contribution is -2.44. The molecule has 1 saturated heterocycles. The van der Waals surface area contributed by atoms with Crippen LogP contribution in [0.2, 0.25) is 0 Å².